The number of aryl methyl sites for hydroxylation is 1. The molecule has 3 rings (SSSR count). The molecular weight excluding hydrogens is 330 g/mol. The van der Waals surface area contributed by atoms with Gasteiger partial charge in [-0.2, -0.15) is 0 Å². The lowest BCUT2D eigenvalue weighted by molar-refractivity contribution is -0.886. The molecule has 26 heavy (non-hydrogen) atoms. The molecule has 134 valence electrons. The van der Waals surface area contributed by atoms with Crippen LogP contribution in [0.2, 0.25) is 0 Å². The van der Waals surface area contributed by atoms with E-state index in [0.29, 0.717) is 17.8 Å². The minimum Gasteiger partial charge on any atom is -0.324 e. The summed E-state index contributed by atoms with van der Waals surface area (Å²) >= 11 is 0. The summed E-state index contributed by atoms with van der Waals surface area (Å²) in [7, 11) is 0. The van der Waals surface area contributed by atoms with Crippen molar-refractivity contribution in [2.75, 3.05) is 25.0 Å². The summed E-state index contributed by atoms with van der Waals surface area (Å²) in [5, 5.41) is 13.9. The second kappa shape index (κ2) is 7.93. The van der Waals surface area contributed by atoms with Gasteiger partial charge in [0.15, 0.2) is 6.54 Å². The minimum atomic E-state index is -0.467. The molecule has 6 nitrogen and oxygen atoms in total. The lowest BCUT2D eigenvalue weighted by Gasteiger charge is -2.23. The van der Waals surface area contributed by atoms with Crippen LogP contribution in [0.25, 0.3) is 5.57 Å². The molecule has 2 aromatic rings. The number of carbonyl (C=O) groups excluding carboxylic acids is 1. The van der Waals surface area contributed by atoms with Crippen LogP contribution in [0, 0.1) is 17.0 Å². The molecule has 0 fully saturated rings. The number of quaternary nitrogens is 1. The predicted octanol–water partition coefficient (Wildman–Crippen LogP) is 2.21. The van der Waals surface area contributed by atoms with Crippen molar-refractivity contribution in [2.45, 2.75) is 13.3 Å². The second-order valence-corrected chi connectivity index (χ2v) is 6.50. The molecule has 1 aliphatic heterocycles. The Kier molecular flexibility index (Phi) is 5.43. The molecule has 0 aromatic heterocycles. The van der Waals surface area contributed by atoms with Gasteiger partial charge in [-0.15, -0.1) is 0 Å². The number of benzene rings is 2. The predicted molar refractivity (Wildman–Crippen MR) is 101 cm³/mol. The van der Waals surface area contributed by atoms with Gasteiger partial charge in [-0.3, -0.25) is 14.9 Å². The highest BCUT2D eigenvalue weighted by atomic mass is 16.6. The van der Waals surface area contributed by atoms with E-state index in [-0.39, 0.29) is 11.6 Å². The highest BCUT2D eigenvalue weighted by Gasteiger charge is 2.22. The maximum atomic E-state index is 12.4. The van der Waals surface area contributed by atoms with Crippen LogP contribution in [0.5, 0.6) is 0 Å². The third-order valence-corrected chi connectivity index (χ3v) is 4.65. The van der Waals surface area contributed by atoms with Gasteiger partial charge in [-0.25, -0.2) is 0 Å². The Morgan fingerprint density at radius 2 is 1.96 bits per heavy atom. The first-order chi connectivity index (χ1) is 12.5. The molecular formula is C20H22N3O3+. The van der Waals surface area contributed by atoms with Crippen LogP contribution in [0.3, 0.4) is 0 Å². The summed E-state index contributed by atoms with van der Waals surface area (Å²) in [5.74, 6) is -0.200. The minimum absolute atomic E-state index is 0.0711. The number of nitrogens with zero attached hydrogens (tertiary/aromatic N) is 1. The van der Waals surface area contributed by atoms with Gasteiger partial charge in [0.05, 0.1) is 18.0 Å². The zero-order valence-corrected chi connectivity index (χ0v) is 14.7. The number of para-hydroxylation sites is 1. The van der Waals surface area contributed by atoms with Crippen molar-refractivity contribution in [3.05, 3.63) is 75.8 Å². The van der Waals surface area contributed by atoms with Gasteiger partial charge in [0.1, 0.15) is 5.69 Å². The Bertz CT molecular complexity index is 847. The molecule has 0 saturated heterocycles. The lowest BCUT2D eigenvalue weighted by atomic mass is 10.00. The normalized spacial score (nSPS) is 16.7. The van der Waals surface area contributed by atoms with Crippen LogP contribution >= 0.6 is 0 Å². The molecule has 1 atom stereocenters. The summed E-state index contributed by atoms with van der Waals surface area (Å²) in [6.45, 7) is 3.69. The quantitative estimate of drug-likeness (QED) is 0.640. The molecule has 0 spiro atoms. The Balaban J connectivity index is 1.62. The molecule has 1 amide bonds. The molecule has 2 N–H and O–H groups in total. The van der Waals surface area contributed by atoms with Crippen molar-refractivity contribution < 1.29 is 14.6 Å². The molecule has 0 bridgehead atoms. The Labute approximate surface area is 152 Å². The number of amides is 1. The Hall–Kier alpha value is -2.99. The van der Waals surface area contributed by atoms with Crippen LogP contribution in [0.1, 0.15) is 17.5 Å². The molecule has 0 aliphatic carbocycles. The van der Waals surface area contributed by atoms with Crippen LogP contribution in [-0.2, 0) is 4.79 Å². The summed E-state index contributed by atoms with van der Waals surface area (Å²) in [4.78, 5) is 24.2. The highest BCUT2D eigenvalue weighted by molar-refractivity contribution is 5.94. The molecule has 1 unspecified atom stereocenters. The van der Waals surface area contributed by atoms with Gasteiger partial charge in [-0.1, -0.05) is 42.5 Å². The van der Waals surface area contributed by atoms with Gasteiger partial charge in [0, 0.05) is 12.5 Å². The fourth-order valence-corrected chi connectivity index (χ4v) is 3.24. The van der Waals surface area contributed by atoms with E-state index in [0.717, 1.165) is 24.4 Å². The number of anilines is 1. The molecule has 0 radical (unpaired) electrons. The Morgan fingerprint density at radius 1 is 1.19 bits per heavy atom. The third-order valence-electron chi connectivity index (χ3n) is 4.65. The zero-order valence-electron chi connectivity index (χ0n) is 14.7. The Morgan fingerprint density at radius 3 is 2.62 bits per heavy atom. The summed E-state index contributed by atoms with van der Waals surface area (Å²) in [6, 6.07) is 15.0. The van der Waals surface area contributed by atoms with Crippen molar-refractivity contribution in [3.63, 3.8) is 0 Å². The fourth-order valence-electron chi connectivity index (χ4n) is 3.24. The van der Waals surface area contributed by atoms with Crippen molar-refractivity contribution in [3.8, 4) is 0 Å². The number of nitrogens with one attached hydrogen (secondary N) is 2. The van der Waals surface area contributed by atoms with Crippen molar-refractivity contribution in [2.24, 2.45) is 0 Å². The highest BCUT2D eigenvalue weighted by Crippen LogP contribution is 2.27. The van der Waals surface area contributed by atoms with E-state index >= 15 is 0 Å². The van der Waals surface area contributed by atoms with Crippen LogP contribution in [0.15, 0.2) is 54.6 Å². The topological polar surface area (TPSA) is 76.7 Å². The van der Waals surface area contributed by atoms with Crippen molar-refractivity contribution >= 4 is 22.9 Å². The van der Waals surface area contributed by atoms with E-state index in [1.807, 2.05) is 18.2 Å². The maximum absolute atomic E-state index is 12.4. The fraction of sp³-hybridized carbons (Fsp3) is 0.250. The SMILES string of the molecule is Cc1cccc([N+](=O)[O-])c1NC(=O)C[NH+]1CC=C(c2ccccc2)CC1. The number of nitro benzene ring substituents is 1. The monoisotopic (exact) mass is 352 g/mol. The maximum Gasteiger partial charge on any atom is 0.293 e. The average molecular weight is 352 g/mol. The van der Waals surface area contributed by atoms with Gasteiger partial charge in [0.25, 0.3) is 11.6 Å². The standard InChI is InChI=1S/C20H21N3O3/c1-15-6-5-9-18(23(25)26)20(15)21-19(24)14-22-12-10-17(11-13-22)16-7-3-2-4-8-16/h2-10H,11-14H2,1H3,(H,21,24)/p+1. The first-order valence-electron chi connectivity index (χ1n) is 8.66. The number of rotatable bonds is 5. The first kappa shape index (κ1) is 17.8. The van der Waals surface area contributed by atoms with E-state index in [1.54, 1.807) is 19.1 Å². The molecule has 0 saturated carbocycles. The number of carbonyl (C=O) groups is 1. The smallest absolute Gasteiger partial charge is 0.293 e. The van der Waals surface area contributed by atoms with Gasteiger partial charge >= 0.3 is 0 Å². The summed E-state index contributed by atoms with van der Waals surface area (Å²) < 4.78 is 0. The summed E-state index contributed by atoms with van der Waals surface area (Å²) in [5.41, 5.74) is 3.45. The van der Waals surface area contributed by atoms with Crippen LogP contribution in [-0.4, -0.2) is 30.5 Å². The molecule has 1 heterocycles. The van der Waals surface area contributed by atoms with E-state index in [9.17, 15) is 14.9 Å². The van der Waals surface area contributed by atoms with E-state index in [2.05, 4.69) is 23.5 Å². The zero-order chi connectivity index (χ0) is 18.5. The first-order valence-corrected chi connectivity index (χ1v) is 8.66. The lowest BCUT2D eigenvalue weighted by Crippen LogP contribution is -3.13. The molecule has 1 aliphatic rings. The van der Waals surface area contributed by atoms with Gasteiger partial charge in [0.2, 0.25) is 0 Å². The van der Waals surface area contributed by atoms with E-state index in [1.165, 1.54) is 17.2 Å². The second-order valence-electron chi connectivity index (χ2n) is 6.50. The molecule has 6 heteroatoms. The van der Waals surface area contributed by atoms with Crippen molar-refractivity contribution in [1.82, 2.24) is 0 Å². The number of hydrogen-bond acceptors (Lipinski definition) is 3. The average Bonchev–Trinajstić information content (AvgIpc) is 2.64. The van der Waals surface area contributed by atoms with E-state index in [4.69, 9.17) is 0 Å². The number of hydrogen-bond donors (Lipinski definition) is 2. The van der Waals surface area contributed by atoms with Gasteiger partial charge in [-0.05, 0) is 29.7 Å². The van der Waals surface area contributed by atoms with Crippen LogP contribution < -0.4 is 10.2 Å². The van der Waals surface area contributed by atoms with E-state index < -0.39 is 4.92 Å². The third kappa shape index (κ3) is 4.15. The largest absolute Gasteiger partial charge is 0.324 e. The molecule has 2 aromatic carbocycles. The number of nitro groups is 1. The van der Waals surface area contributed by atoms with Crippen LogP contribution in [0.4, 0.5) is 11.4 Å². The summed E-state index contributed by atoms with van der Waals surface area (Å²) in [6.07, 6.45) is 3.09. The van der Waals surface area contributed by atoms with Gasteiger partial charge < -0.3 is 10.2 Å². The van der Waals surface area contributed by atoms with Crippen molar-refractivity contribution in [1.29, 1.82) is 0 Å².